The Morgan fingerprint density at radius 1 is 1.18 bits per heavy atom. The molecule has 0 spiro atoms. The zero-order chi connectivity index (χ0) is 12.5. The molecule has 0 saturated heterocycles. The minimum atomic E-state index is 0.493. The van der Waals surface area contributed by atoms with Gasteiger partial charge in [-0.1, -0.05) is 30.9 Å². The predicted octanol–water partition coefficient (Wildman–Crippen LogP) is 3.23. The molecule has 2 nitrogen and oxygen atoms in total. The number of ether oxygens (including phenoxy) is 1. The van der Waals surface area contributed by atoms with Gasteiger partial charge in [-0.05, 0) is 18.2 Å². The zero-order valence-corrected chi connectivity index (χ0v) is 10.1. The maximum absolute atomic E-state index is 5.61. The fourth-order valence-electron chi connectivity index (χ4n) is 1.51. The van der Waals surface area contributed by atoms with Crippen LogP contribution in [0.2, 0.25) is 0 Å². The van der Waals surface area contributed by atoms with Gasteiger partial charge >= 0.3 is 0 Å². The summed E-state index contributed by atoms with van der Waals surface area (Å²) in [6.07, 6.45) is 5.44. The summed E-state index contributed by atoms with van der Waals surface area (Å²) in [5.41, 5.74) is 0.995. The second kappa shape index (κ2) is 7.34. The van der Waals surface area contributed by atoms with E-state index in [0.29, 0.717) is 6.61 Å². The highest BCUT2D eigenvalue weighted by atomic mass is 16.5. The standard InChI is InChI=1S/C15H18NO/c1-4-11-16(12-5-2)14-9-7-8-10-15(14)17-13-6-3/h4-6,8-10H,1-3,11-13H2. The van der Waals surface area contributed by atoms with Gasteiger partial charge in [0.05, 0.1) is 5.69 Å². The first kappa shape index (κ1) is 13.1. The number of hydrogen-bond donors (Lipinski definition) is 0. The van der Waals surface area contributed by atoms with Crippen LogP contribution >= 0.6 is 0 Å². The molecule has 89 valence electrons. The summed E-state index contributed by atoms with van der Waals surface area (Å²) in [4.78, 5) is 2.12. The molecule has 0 aliphatic heterocycles. The lowest BCUT2D eigenvalue weighted by molar-refractivity contribution is 0.363. The molecule has 0 amide bonds. The number of nitrogens with zero attached hydrogens (tertiary/aromatic N) is 1. The first-order chi connectivity index (χ1) is 8.33. The highest BCUT2D eigenvalue weighted by molar-refractivity contribution is 5.58. The molecular weight excluding hydrogens is 210 g/mol. The maximum Gasteiger partial charge on any atom is 0.143 e. The van der Waals surface area contributed by atoms with Crippen molar-refractivity contribution in [2.75, 3.05) is 24.6 Å². The average Bonchev–Trinajstić information content (AvgIpc) is 2.36. The van der Waals surface area contributed by atoms with Crippen LogP contribution in [0.1, 0.15) is 0 Å². The smallest absolute Gasteiger partial charge is 0.143 e. The quantitative estimate of drug-likeness (QED) is 0.633. The van der Waals surface area contributed by atoms with E-state index in [0.717, 1.165) is 24.5 Å². The molecule has 0 heterocycles. The minimum absolute atomic E-state index is 0.493. The summed E-state index contributed by atoms with van der Waals surface area (Å²) >= 11 is 0. The summed E-state index contributed by atoms with van der Waals surface area (Å²) in [7, 11) is 0. The Labute approximate surface area is 104 Å². The van der Waals surface area contributed by atoms with Gasteiger partial charge in [0.1, 0.15) is 12.4 Å². The Morgan fingerprint density at radius 2 is 1.88 bits per heavy atom. The van der Waals surface area contributed by atoms with E-state index >= 15 is 0 Å². The van der Waals surface area contributed by atoms with Crippen LogP contribution in [0.3, 0.4) is 0 Å². The van der Waals surface area contributed by atoms with Crippen molar-refractivity contribution in [3.63, 3.8) is 0 Å². The molecule has 1 aromatic rings. The maximum atomic E-state index is 5.61. The third-order valence-electron chi connectivity index (χ3n) is 2.20. The monoisotopic (exact) mass is 228 g/mol. The summed E-state index contributed by atoms with van der Waals surface area (Å²) in [6.45, 7) is 13.1. The van der Waals surface area contributed by atoms with E-state index in [1.165, 1.54) is 0 Å². The Kier molecular flexibility index (Phi) is 5.66. The molecule has 1 rings (SSSR count). The van der Waals surface area contributed by atoms with E-state index in [1.54, 1.807) is 6.08 Å². The fraction of sp³-hybridized carbons (Fsp3) is 0.200. The van der Waals surface area contributed by atoms with Crippen LogP contribution < -0.4 is 9.64 Å². The molecule has 2 heteroatoms. The SMILES string of the molecule is C=CCOc1cc[c]cc1N(CC=C)CC=C. The average molecular weight is 228 g/mol. The summed E-state index contributed by atoms with van der Waals surface area (Å²) in [5.74, 6) is 0.826. The van der Waals surface area contributed by atoms with Gasteiger partial charge in [-0.3, -0.25) is 0 Å². The molecule has 17 heavy (non-hydrogen) atoms. The summed E-state index contributed by atoms with van der Waals surface area (Å²) < 4.78 is 5.61. The van der Waals surface area contributed by atoms with E-state index in [4.69, 9.17) is 4.74 Å². The molecule has 1 radical (unpaired) electrons. The molecule has 1 aromatic carbocycles. The number of hydrogen-bond acceptors (Lipinski definition) is 2. The van der Waals surface area contributed by atoms with Crippen LogP contribution in [-0.2, 0) is 0 Å². The molecule has 0 aliphatic rings. The lowest BCUT2D eigenvalue weighted by Gasteiger charge is -2.23. The number of anilines is 1. The highest BCUT2D eigenvalue weighted by Gasteiger charge is 2.08. The van der Waals surface area contributed by atoms with Gasteiger partial charge in [0.15, 0.2) is 0 Å². The summed E-state index contributed by atoms with van der Waals surface area (Å²) in [6, 6.07) is 8.70. The predicted molar refractivity (Wildman–Crippen MR) is 73.6 cm³/mol. The summed E-state index contributed by atoms with van der Waals surface area (Å²) in [5, 5.41) is 0. The molecule has 0 saturated carbocycles. The molecule has 0 unspecified atom stereocenters. The highest BCUT2D eigenvalue weighted by Crippen LogP contribution is 2.27. The minimum Gasteiger partial charge on any atom is -0.487 e. The van der Waals surface area contributed by atoms with E-state index in [-0.39, 0.29) is 0 Å². The van der Waals surface area contributed by atoms with Crippen molar-refractivity contribution < 1.29 is 4.74 Å². The number of rotatable bonds is 8. The fourth-order valence-corrected chi connectivity index (χ4v) is 1.51. The lowest BCUT2D eigenvalue weighted by atomic mass is 10.2. The van der Waals surface area contributed by atoms with Gasteiger partial charge in [0.25, 0.3) is 0 Å². The zero-order valence-electron chi connectivity index (χ0n) is 10.1. The van der Waals surface area contributed by atoms with Crippen molar-refractivity contribution in [1.29, 1.82) is 0 Å². The molecule has 0 aliphatic carbocycles. The topological polar surface area (TPSA) is 12.5 Å². The molecule has 0 N–H and O–H groups in total. The van der Waals surface area contributed by atoms with Crippen molar-refractivity contribution in [3.05, 3.63) is 62.2 Å². The molecule has 0 bridgehead atoms. The van der Waals surface area contributed by atoms with E-state index < -0.39 is 0 Å². The van der Waals surface area contributed by atoms with Crippen LogP contribution in [0.5, 0.6) is 5.75 Å². The van der Waals surface area contributed by atoms with Gasteiger partial charge in [-0.25, -0.2) is 0 Å². The van der Waals surface area contributed by atoms with Gasteiger partial charge in [0.2, 0.25) is 0 Å². The van der Waals surface area contributed by atoms with E-state index in [9.17, 15) is 0 Å². The van der Waals surface area contributed by atoms with Crippen molar-refractivity contribution in [2.45, 2.75) is 0 Å². The van der Waals surface area contributed by atoms with Gasteiger partial charge in [-0.15, -0.1) is 13.2 Å². The van der Waals surface area contributed by atoms with Crippen molar-refractivity contribution in [1.82, 2.24) is 0 Å². The Hall–Kier alpha value is -1.96. The van der Waals surface area contributed by atoms with Crippen LogP contribution in [0, 0.1) is 6.07 Å². The van der Waals surface area contributed by atoms with Crippen LogP contribution in [0.25, 0.3) is 0 Å². The normalized spacial score (nSPS) is 9.41. The van der Waals surface area contributed by atoms with Crippen molar-refractivity contribution >= 4 is 5.69 Å². The second-order valence-corrected chi connectivity index (χ2v) is 3.48. The van der Waals surface area contributed by atoms with Crippen LogP contribution in [-0.4, -0.2) is 19.7 Å². The largest absolute Gasteiger partial charge is 0.487 e. The third kappa shape index (κ3) is 3.83. The third-order valence-corrected chi connectivity index (χ3v) is 2.20. The first-order valence-electron chi connectivity index (χ1n) is 5.54. The molecular formula is C15H18NO. The Morgan fingerprint density at radius 3 is 2.47 bits per heavy atom. The van der Waals surface area contributed by atoms with Crippen molar-refractivity contribution in [3.8, 4) is 5.75 Å². The molecule has 0 fully saturated rings. The molecule has 0 atom stereocenters. The van der Waals surface area contributed by atoms with E-state index in [2.05, 4.69) is 30.7 Å². The van der Waals surface area contributed by atoms with Crippen LogP contribution in [0.15, 0.2) is 56.2 Å². The van der Waals surface area contributed by atoms with Gasteiger partial charge in [0, 0.05) is 13.1 Å². The Balaban J connectivity index is 2.94. The number of benzene rings is 1. The second-order valence-electron chi connectivity index (χ2n) is 3.48. The van der Waals surface area contributed by atoms with Crippen LogP contribution in [0.4, 0.5) is 5.69 Å². The Bertz CT molecular complexity index is 374. The molecule has 0 aromatic heterocycles. The van der Waals surface area contributed by atoms with E-state index in [1.807, 2.05) is 30.4 Å². The van der Waals surface area contributed by atoms with Crippen molar-refractivity contribution in [2.24, 2.45) is 0 Å². The first-order valence-corrected chi connectivity index (χ1v) is 5.54. The lowest BCUT2D eigenvalue weighted by Crippen LogP contribution is -2.23. The van der Waals surface area contributed by atoms with Gasteiger partial charge < -0.3 is 9.64 Å². The van der Waals surface area contributed by atoms with Gasteiger partial charge in [-0.2, -0.15) is 0 Å².